The maximum Gasteiger partial charge on any atom is 0.119 e. The summed E-state index contributed by atoms with van der Waals surface area (Å²) < 4.78 is 5.81. The van der Waals surface area contributed by atoms with Gasteiger partial charge in [-0.05, 0) is 34.9 Å². The minimum Gasteiger partial charge on any atom is -0.493 e. The summed E-state index contributed by atoms with van der Waals surface area (Å²) in [5.74, 6) is 0.918. The summed E-state index contributed by atoms with van der Waals surface area (Å²) in [5.41, 5.74) is 3.74. The minimum absolute atomic E-state index is 0.697. The molecule has 0 unspecified atom stereocenters. The summed E-state index contributed by atoms with van der Waals surface area (Å²) in [4.78, 5) is 4.12. The molecule has 0 aliphatic rings. The van der Waals surface area contributed by atoms with E-state index in [0.29, 0.717) is 6.61 Å². The predicted octanol–water partition coefficient (Wildman–Crippen LogP) is 3.99. The van der Waals surface area contributed by atoms with Crippen molar-refractivity contribution in [1.82, 2.24) is 10.3 Å². The van der Waals surface area contributed by atoms with Gasteiger partial charge < -0.3 is 10.1 Å². The highest BCUT2D eigenvalue weighted by Gasteiger charge is 1.98. The molecular weight excluding hydrogens is 296 g/mol. The van der Waals surface area contributed by atoms with Gasteiger partial charge in [-0.1, -0.05) is 48.5 Å². The van der Waals surface area contributed by atoms with Crippen LogP contribution in [0.15, 0.2) is 79.1 Å². The van der Waals surface area contributed by atoms with E-state index in [4.69, 9.17) is 4.74 Å². The van der Waals surface area contributed by atoms with Crippen molar-refractivity contribution in [3.8, 4) is 5.75 Å². The fraction of sp³-hybridized carbons (Fsp3) is 0.190. The molecule has 1 N–H and O–H groups in total. The van der Waals surface area contributed by atoms with Gasteiger partial charge in [-0.15, -0.1) is 0 Å². The molecule has 0 fully saturated rings. The molecule has 3 rings (SSSR count). The lowest BCUT2D eigenvalue weighted by Crippen LogP contribution is -2.12. The Morgan fingerprint density at radius 2 is 1.50 bits per heavy atom. The number of nitrogens with one attached hydrogen (secondary N) is 1. The molecule has 0 saturated heterocycles. The third kappa shape index (κ3) is 5.21. The highest BCUT2D eigenvalue weighted by atomic mass is 16.5. The van der Waals surface area contributed by atoms with Crippen LogP contribution in [0.2, 0.25) is 0 Å². The van der Waals surface area contributed by atoms with Crippen LogP contribution < -0.4 is 10.1 Å². The Kier molecular flexibility index (Phi) is 5.98. The van der Waals surface area contributed by atoms with E-state index in [0.717, 1.165) is 25.3 Å². The molecular formula is C21H22N2O. The maximum atomic E-state index is 5.81. The summed E-state index contributed by atoms with van der Waals surface area (Å²) in [6, 6.07) is 22.7. The highest BCUT2D eigenvalue weighted by molar-refractivity contribution is 5.27. The minimum atomic E-state index is 0.697. The second kappa shape index (κ2) is 8.85. The first kappa shape index (κ1) is 16.2. The van der Waals surface area contributed by atoms with Gasteiger partial charge in [0.05, 0.1) is 6.61 Å². The zero-order chi connectivity index (χ0) is 16.5. The van der Waals surface area contributed by atoms with Crippen LogP contribution in [0.4, 0.5) is 0 Å². The predicted molar refractivity (Wildman–Crippen MR) is 96.9 cm³/mol. The smallest absolute Gasteiger partial charge is 0.119 e. The van der Waals surface area contributed by atoms with Crippen molar-refractivity contribution in [2.24, 2.45) is 0 Å². The van der Waals surface area contributed by atoms with Crippen LogP contribution in [0.1, 0.15) is 16.7 Å². The van der Waals surface area contributed by atoms with Crippen LogP contribution in [0, 0.1) is 0 Å². The van der Waals surface area contributed by atoms with E-state index in [2.05, 4.69) is 52.8 Å². The lowest BCUT2D eigenvalue weighted by molar-refractivity contribution is 0.322. The Morgan fingerprint density at radius 1 is 0.750 bits per heavy atom. The number of hydrogen-bond donors (Lipinski definition) is 1. The Balaban J connectivity index is 1.40. The summed E-state index contributed by atoms with van der Waals surface area (Å²) in [5, 5.41) is 3.42. The molecule has 0 radical (unpaired) electrons. The molecule has 3 aromatic rings. The summed E-state index contributed by atoms with van der Waals surface area (Å²) in [7, 11) is 0. The first-order valence-electron chi connectivity index (χ1n) is 8.25. The molecule has 1 aromatic heterocycles. The second-order valence-electron chi connectivity index (χ2n) is 5.69. The fourth-order valence-electron chi connectivity index (χ4n) is 2.49. The number of aromatic nitrogens is 1. The van der Waals surface area contributed by atoms with Gasteiger partial charge in [-0.3, -0.25) is 4.98 Å². The van der Waals surface area contributed by atoms with Crippen molar-refractivity contribution >= 4 is 0 Å². The monoisotopic (exact) mass is 318 g/mol. The summed E-state index contributed by atoms with van der Waals surface area (Å²) in [6.07, 6.45) is 4.60. The normalized spacial score (nSPS) is 10.5. The first-order chi connectivity index (χ1) is 11.9. The SMILES string of the molecule is c1ccc(CCOc2ccc(CNCc3cccnc3)cc2)cc1. The molecule has 0 bridgehead atoms. The van der Waals surface area contributed by atoms with Gasteiger partial charge in [0.25, 0.3) is 0 Å². The zero-order valence-corrected chi connectivity index (χ0v) is 13.7. The van der Waals surface area contributed by atoms with Crippen LogP contribution >= 0.6 is 0 Å². The summed E-state index contributed by atoms with van der Waals surface area (Å²) >= 11 is 0. The Morgan fingerprint density at radius 3 is 2.25 bits per heavy atom. The molecule has 24 heavy (non-hydrogen) atoms. The standard InChI is InChI=1S/C21H22N2O/c1-2-5-18(6-3-1)12-14-24-21-10-8-19(9-11-21)15-23-17-20-7-4-13-22-16-20/h1-11,13,16,23H,12,14-15,17H2. The van der Waals surface area contributed by atoms with E-state index < -0.39 is 0 Å². The van der Waals surface area contributed by atoms with Crippen molar-refractivity contribution < 1.29 is 4.74 Å². The van der Waals surface area contributed by atoms with E-state index in [1.54, 1.807) is 6.20 Å². The number of rotatable bonds is 8. The van der Waals surface area contributed by atoms with Gasteiger partial charge in [0.1, 0.15) is 5.75 Å². The molecule has 0 saturated carbocycles. The van der Waals surface area contributed by atoms with Crippen molar-refractivity contribution in [1.29, 1.82) is 0 Å². The molecule has 0 atom stereocenters. The number of benzene rings is 2. The summed E-state index contributed by atoms with van der Waals surface area (Å²) in [6.45, 7) is 2.35. The van der Waals surface area contributed by atoms with Crippen molar-refractivity contribution in [3.63, 3.8) is 0 Å². The van der Waals surface area contributed by atoms with Crippen LogP contribution in [-0.2, 0) is 19.5 Å². The van der Waals surface area contributed by atoms with E-state index in [1.165, 1.54) is 16.7 Å². The van der Waals surface area contributed by atoms with Crippen LogP contribution in [0.25, 0.3) is 0 Å². The number of ether oxygens (including phenoxy) is 1. The molecule has 3 heteroatoms. The Bertz CT molecular complexity index is 647. The number of hydrogen-bond acceptors (Lipinski definition) is 3. The first-order valence-corrected chi connectivity index (χ1v) is 8.25. The molecule has 2 aromatic carbocycles. The lowest BCUT2D eigenvalue weighted by Gasteiger charge is -2.08. The molecule has 3 nitrogen and oxygen atoms in total. The van der Waals surface area contributed by atoms with Gasteiger partial charge in [0.15, 0.2) is 0 Å². The van der Waals surface area contributed by atoms with Gasteiger partial charge in [0.2, 0.25) is 0 Å². The molecule has 1 heterocycles. The lowest BCUT2D eigenvalue weighted by atomic mass is 10.2. The van der Waals surface area contributed by atoms with E-state index in [9.17, 15) is 0 Å². The third-order valence-corrected chi connectivity index (χ3v) is 3.81. The third-order valence-electron chi connectivity index (χ3n) is 3.81. The molecule has 0 spiro atoms. The van der Waals surface area contributed by atoms with Crippen molar-refractivity contribution in [2.45, 2.75) is 19.5 Å². The molecule has 122 valence electrons. The average Bonchev–Trinajstić information content (AvgIpc) is 2.65. The Labute approximate surface area is 143 Å². The van der Waals surface area contributed by atoms with E-state index in [-0.39, 0.29) is 0 Å². The van der Waals surface area contributed by atoms with Crippen molar-refractivity contribution in [3.05, 3.63) is 95.8 Å². The fourth-order valence-corrected chi connectivity index (χ4v) is 2.49. The maximum absolute atomic E-state index is 5.81. The molecule has 0 aliphatic carbocycles. The van der Waals surface area contributed by atoms with Crippen molar-refractivity contribution in [2.75, 3.05) is 6.61 Å². The van der Waals surface area contributed by atoms with Gasteiger partial charge >= 0.3 is 0 Å². The molecule has 0 amide bonds. The quantitative estimate of drug-likeness (QED) is 0.682. The van der Waals surface area contributed by atoms with Crippen LogP contribution in [0.5, 0.6) is 5.75 Å². The van der Waals surface area contributed by atoms with E-state index >= 15 is 0 Å². The van der Waals surface area contributed by atoms with Gasteiger partial charge in [-0.25, -0.2) is 0 Å². The highest BCUT2D eigenvalue weighted by Crippen LogP contribution is 2.13. The van der Waals surface area contributed by atoms with Gasteiger partial charge in [0, 0.05) is 31.9 Å². The van der Waals surface area contributed by atoms with Crippen LogP contribution in [-0.4, -0.2) is 11.6 Å². The van der Waals surface area contributed by atoms with Gasteiger partial charge in [-0.2, -0.15) is 0 Å². The Hall–Kier alpha value is -2.65. The molecule has 0 aliphatic heterocycles. The number of pyridine rings is 1. The topological polar surface area (TPSA) is 34.1 Å². The second-order valence-corrected chi connectivity index (χ2v) is 5.69. The van der Waals surface area contributed by atoms with E-state index in [1.807, 2.05) is 30.5 Å². The average molecular weight is 318 g/mol. The largest absolute Gasteiger partial charge is 0.493 e. The van der Waals surface area contributed by atoms with Crippen LogP contribution in [0.3, 0.4) is 0 Å². The zero-order valence-electron chi connectivity index (χ0n) is 13.7. The number of nitrogens with zero attached hydrogens (tertiary/aromatic N) is 1.